The van der Waals surface area contributed by atoms with Crippen LogP contribution in [-0.2, 0) is 16.1 Å². The summed E-state index contributed by atoms with van der Waals surface area (Å²) in [6, 6.07) is 22.6. The number of amides is 1. The molecule has 1 fully saturated rings. The van der Waals surface area contributed by atoms with Crippen molar-refractivity contribution in [1.82, 2.24) is 15.8 Å². The molecule has 1 saturated heterocycles. The molecule has 3 aromatic carbocycles. The van der Waals surface area contributed by atoms with Gasteiger partial charge in [-0.2, -0.15) is 15.8 Å². The van der Waals surface area contributed by atoms with E-state index in [1.54, 1.807) is 29.9 Å². The van der Waals surface area contributed by atoms with Crippen LogP contribution in [0, 0.1) is 39.8 Å². The topological polar surface area (TPSA) is 206 Å². The van der Waals surface area contributed by atoms with Crippen LogP contribution in [0.3, 0.4) is 0 Å². The number of rotatable bonds is 8. The number of nitriles is 3. The summed E-state index contributed by atoms with van der Waals surface area (Å²) in [5.41, 5.74) is 5.42. The van der Waals surface area contributed by atoms with Crippen molar-refractivity contribution in [3.05, 3.63) is 107 Å². The van der Waals surface area contributed by atoms with Gasteiger partial charge in [0.15, 0.2) is 0 Å². The molecule has 1 aliphatic rings. The lowest BCUT2D eigenvalue weighted by Gasteiger charge is -2.34. The SMILES string of the molecule is N#Cc1ccc(-c2cnc(N3CCC(NCc4ccc(/C=C/C(=O)NO)cc4)CC3)c(C#N)c2-c2ccc(C#N)c(F)c2)cc1O.O=CO. The van der Waals surface area contributed by atoms with Gasteiger partial charge < -0.3 is 20.4 Å². The Morgan fingerprint density at radius 3 is 2.22 bits per heavy atom. The first-order valence-corrected chi connectivity index (χ1v) is 14.9. The second-order valence-electron chi connectivity index (χ2n) is 10.8. The molecule has 1 amide bonds. The molecule has 5 N–H and O–H groups in total. The fourth-order valence-electron chi connectivity index (χ4n) is 5.43. The lowest BCUT2D eigenvalue weighted by atomic mass is 9.90. The molecule has 0 saturated carbocycles. The number of aromatic nitrogens is 1. The predicted molar refractivity (Wildman–Crippen MR) is 177 cm³/mol. The Labute approximate surface area is 281 Å². The average molecular weight is 660 g/mol. The zero-order chi connectivity index (χ0) is 35.3. The second-order valence-corrected chi connectivity index (χ2v) is 10.8. The van der Waals surface area contributed by atoms with E-state index in [-0.39, 0.29) is 35.0 Å². The van der Waals surface area contributed by atoms with Crippen LogP contribution >= 0.6 is 0 Å². The Kier molecular flexibility index (Phi) is 12.1. The summed E-state index contributed by atoms with van der Waals surface area (Å²) in [5, 5.41) is 58.4. The molecule has 0 spiro atoms. The second kappa shape index (κ2) is 16.8. The van der Waals surface area contributed by atoms with Gasteiger partial charge in [0.05, 0.1) is 11.1 Å². The number of carbonyl (C=O) groups is 2. The molecule has 0 bridgehead atoms. The summed E-state index contributed by atoms with van der Waals surface area (Å²) in [5.74, 6) is -1.09. The highest BCUT2D eigenvalue weighted by atomic mass is 19.1. The van der Waals surface area contributed by atoms with Crippen LogP contribution in [0.5, 0.6) is 5.75 Å². The predicted octanol–water partition coefficient (Wildman–Crippen LogP) is 4.85. The molecule has 0 radical (unpaired) electrons. The van der Waals surface area contributed by atoms with Crippen molar-refractivity contribution in [2.24, 2.45) is 0 Å². The lowest BCUT2D eigenvalue weighted by molar-refractivity contribution is -0.124. The molecule has 13 heteroatoms. The fraction of sp³-hybridized carbons (Fsp3) is 0.167. The van der Waals surface area contributed by atoms with Gasteiger partial charge in [-0.15, -0.1) is 0 Å². The Morgan fingerprint density at radius 2 is 1.63 bits per heavy atom. The van der Waals surface area contributed by atoms with Crippen molar-refractivity contribution in [2.75, 3.05) is 18.0 Å². The molecule has 1 aromatic heterocycles. The van der Waals surface area contributed by atoms with Crippen molar-refractivity contribution < 1.29 is 29.4 Å². The summed E-state index contributed by atoms with van der Waals surface area (Å²) in [4.78, 5) is 26.2. The van der Waals surface area contributed by atoms with Crippen LogP contribution in [0.2, 0.25) is 0 Å². The van der Waals surface area contributed by atoms with Crippen LogP contribution in [0.25, 0.3) is 28.3 Å². The highest BCUT2D eigenvalue weighted by molar-refractivity contribution is 5.91. The third-order valence-corrected chi connectivity index (χ3v) is 7.88. The molecule has 246 valence electrons. The van der Waals surface area contributed by atoms with Crippen molar-refractivity contribution in [2.45, 2.75) is 25.4 Å². The minimum absolute atomic E-state index is 0.0927. The fourth-order valence-corrected chi connectivity index (χ4v) is 5.43. The van der Waals surface area contributed by atoms with Gasteiger partial charge >= 0.3 is 0 Å². The molecule has 4 aromatic rings. The Bertz CT molecular complexity index is 1990. The number of halogens is 1. The minimum Gasteiger partial charge on any atom is -0.507 e. The van der Waals surface area contributed by atoms with Gasteiger partial charge in [0.25, 0.3) is 12.4 Å². The molecule has 1 aliphatic heterocycles. The first kappa shape index (κ1) is 35.3. The first-order valence-electron chi connectivity index (χ1n) is 14.9. The maximum atomic E-state index is 14.8. The van der Waals surface area contributed by atoms with E-state index in [2.05, 4.69) is 16.4 Å². The molecule has 5 rings (SSSR count). The number of anilines is 1. The van der Waals surface area contributed by atoms with Crippen LogP contribution < -0.4 is 15.7 Å². The number of nitrogens with one attached hydrogen (secondary N) is 2. The van der Waals surface area contributed by atoms with E-state index in [1.165, 1.54) is 30.3 Å². The zero-order valence-corrected chi connectivity index (χ0v) is 26.0. The highest BCUT2D eigenvalue weighted by Gasteiger charge is 2.26. The summed E-state index contributed by atoms with van der Waals surface area (Å²) in [7, 11) is 0. The highest BCUT2D eigenvalue weighted by Crippen LogP contribution is 2.40. The number of hydroxylamine groups is 1. The van der Waals surface area contributed by atoms with E-state index in [4.69, 9.17) is 15.1 Å². The van der Waals surface area contributed by atoms with Crippen molar-refractivity contribution >= 4 is 24.3 Å². The maximum Gasteiger partial charge on any atom is 0.290 e. The molecule has 0 atom stereocenters. The third kappa shape index (κ3) is 8.61. The van der Waals surface area contributed by atoms with Gasteiger partial charge in [-0.05, 0) is 65.4 Å². The number of hydrogen-bond donors (Lipinski definition) is 5. The smallest absolute Gasteiger partial charge is 0.290 e. The van der Waals surface area contributed by atoms with Gasteiger partial charge in [-0.3, -0.25) is 14.8 Å². The molecular formula is C36H30FN7O5. The van der Waals surface area contributed by atoms with Gasteiger partial charge in [0, 0.05) is 49.1 Å². The number of carbonyl (C=O) groups excluding carboxylic acids is 1. The van der Waals surface area contributed by atoms with E-state index in [9.17, 15) is 30.1 Å². The number of nitrogens with zero attached hydrogens (tertiary/aromatic N) is 5. The summed E-state index contributed by atoms with van der Waals surface area (Å²) < 4.78 is 14.8. The lowest BCUT2D eigenvalue weighted by Crippen LogP contribution is -2.42. The maximum absolute atomic E-state index is 14.8. The normalized spacial score (nSPS) is 12.6. The first-order chi connectivity index (χ1) is 23.8. The molecule has 49 heavy (non-hydrogen) atoms. The molecule has 0 unspecified atom stereocenters. The number of carboxylic acid groups (broad SMARTS) is 1. The summed E-state index contributed by atoms with van der Waals surface area (Å²) in [6.45, 7) is 1.64. The van der Waals surface area contributed by atoms with Crippen LogP contribution in [0.15, 0.2) is 72.9 Å². The molecule has 0 aliphatic carbocycles. The zero-order valence-electron chi connectivity index (χ0n) is 26.0. The molecule has 12 nitrogen and oxygen atoms in total. The summed E-state index contributed by atoms with van der Waals surface area (Å²) >= 11 is 0. The molecule has 2 heterocycles. The van der Waals surface area contributed by atoms with E-state index in [0.717, 1.165) is 24.0 Å². The van der Waals surface area contributed by atoms with Crippen LogP contribution in [-0.4, -0.2) is 51.9 Å². The largest absolute Gasteiger partial charge is 0.507 e. The van der Waals surface area contributed by atoms with E-state index in [1.807, 2.05) is 41.3 Å². The number of hydrogen-bond acceptors (Lipinski definition) is 10. The quantitative estimate of drug-likeness (QED) is 0.0748. The van der Waals surface area contributed by atoms with Crippen molar-refractivity contribution in [1.29, 1.82) is 15.8 Å². The van der Waals surface area contributed by atoms with E-state index < -0.39 is 11.7 Å². The third-order valence-electron chi connectivity index (χ3n) is 7.88. The van der Waals surface area contributed by atoms with Crippen molar-refractivity contribution in [3.63, 3.8) is 0 Å². The Morgan fingerprint density at radius 1 is 0.980 bits per heavy atom. The van der Waals surface area contributed by atoms with Gasteiger partial charge in [-0.1, -0.05) is 36.4 Å². The van der Waals surface area contributed by atoms with Gasteiger partial charge in [-0.25, -0.2) is 14.9 Å². The number of benzene rings is 3. The van der Waals surface area contributed by atoms with E-state index >= 15 is 0 Å². The Hall–Kier alpha value is -6.59. The van der Waals surface area contributed by atoms with Gasteiger partial charge in [0.2, 0.25) is 0 Å². The van der Waals surface area contributed by atoms with Crippen LogP contribution in [0.1, 0.15) is 40.7 Å². The summed E-state index contributed by atoms with van der Waals surface area (Å²) in [6.07, 6.45) is 6.00. The number of piperidine rings is 1. The minimum atomic E-state index is -0.719. The number of aromatic hydroxyl groups is 1. The average Bonchev–Trinajstić information content (AvgIpc) is 3.13. The van der Waals surface area contributed by atoms with E-state index in [0.29, 0.717) is 47.7 Å². The van der Waals surface area contributed by atoms with Crippen LogP contribution in [0.4, 0.5) is 10.2 Å². The van der Waals surface area contributed by atoms with Gasteiger partial charge in [0.1, 0.15) is 41.2 Å². The number of phenolic OH excluding ortho intramolecular Hbond substituents is 1. The number of pyridine rings is 1. The molecular weight excluding hydrogens is 629 g/mol. The monoisotopic (exact) mass is 659 g/mol. The Balaban J connectivity index is 0.00000174. The standard InChI is InChI=1S/C35H28FN7O3.CH2O2/c36-31-15-25(7-8-26(31)17-37)34-29(19-39)35(41-21-30(34)24-6-9-27(18-38)32(44)16-24)43-13-11-28(12-14-43)40-20-23-3-1-22(2-4-23)5-10-33(45)42-46;2-1-3/h1-10,15-16,21,28,40,44,46H,11-14,20H2,(H,42,45);1H,(H,2,3)/b10-5+;. The van der Waals surface area contributed by atoms with Crippen molar-refractivity contribution in [3.8, 4) is 46.2 Å². The number of phenols is 1.